The van der Waals surface area contributed by atoms with Crippen molar-refractivity contribution in [1.29, 1.82) is 0 Å². The third-order valence-electron chi connectivity index (χ3n) is 3.00. The summed E-state index contributed by atoms with van der Waals surface area (Å²) in [5.41, 5.74) is 1.14. The first-order chi connectivity index (χ1) is 7.43. The molecule has 0 aromatic heterocycles. The summed E-state index contributed by atoms with van der Waals surface area (Å²) in [5.74, 6) is 0.907. The standard InChI is InChI=1S/C8H13BN2O.3HI.V/c1-5-7-6(3-4-9-7)8(12)11(2)10-5;;;;/h6-7,9H,3-4H2,1-2H3;3*1H;/q;;;;+3/p-3. The second-order valence-corrected chi connectivity index (χ2v) is 39.3. The molecule has 2 rings (SSSR count). The van der Waals surface area contributed by atoms with Crippen LogP contribution in [0.1, 0.15) is 13.3 Å². The molecule has 0 bridgehead atoms. The summed E-state index contributed by atoms with van der Waals surface area (Å²) in [6.45, 7) is 2.03. The fourth-order valence-corrected chi connectivity index (χ4v) is 2.36. The molecule has 1 amide bonds. The average molecular weight is 596 g/mol. The number of hydrogen-bond acceptors (Lipinski definition) is 2. The Morgan fingerprint density at radius 3 is 2.62 bits per heavy atom. The van der Waals surface area contributed by atoms with E-state index in [1.807, 2.05) is 6.92 Å². The fourth-order valence-electron chi connectivity index (χ4n) is 2.36. The number of halogens is 3. The van der Waals surface area contributed by atoms with E-state index in [2.05, 4.69) is 65.0 Å². The van der Waals surface area contributed by atoms with E-state index in [1.165, 1.54) is 11.3 Å². The summed E-state index contributed by atoms with van der Waals surface area (Å²) in [6, 6.07) is 0. The molecular weight excluding hydrogens is 583 g/mol. The van der Waals surface area contributed by atoms with Gasteiger partial charge in [-0.15, -0.1) is 0 Å². The van der Waals surface area contributed by atoms with Crippen LogP contribution in [0.2, 0.25) is 12.1 Å². The SMILES string of the molecule is CC1=NN(C)C(=O)C2CCBC12.[I][V]([I])[I]. The number of amides is 1. The molecular formula is C8H13BI3N2OV. The van der Waals surface area contributed by atoms with Crippen molar-refractivity contribution in [3.05, 3.63) is 0 Å². The van der Waals surface area contributed by atoms with Crippen LogP contribution < -0.4 is 0 Å². The number of carbonyl (C=O) groups excluding carboxylic acids is 1. The molecule has 2 atom stereocenters. The maximum atomic E-state index is 11.6. The van der Waals surface area contributed by atoms with Gasteiger partial charge in [0.2, 0.25) is 5.91 Å². The van der Waals surface area contributed by atoms with Crippen molar-refractivity contribution in [3.8, 4) is 0 Å². The van der Waals surface area contributed by atoms with Crippen molar-refractivity contribution in [2.24, 2.45) is 11.0 Å². The second kappa shape index (κ2) is 7.54. The van der Waals surface area contributed by atoms with Gasteiger partial charge in [-0.2, -0.15) is 5.10 Å². The van der Waals surface area contributed by atoms with Gasteiger partial charge in [-0.3, -0.25) is 4.79 Å². The van der Waals surface area contributed by atoms with E-state index in [1.54, 1.807) is 7.05 Å². The van der Waals surface area contributed by atoms with Gasteiger partial charge >= 0.3 is 64.9 Å². The number of rotatable bonds is 0. The van der Waals surface area contributed by atoms with Gasteiger partial charge in [0.25, 0.3) is 0 Å². The summed E-state index contributed by atoms with van der Waals surface area (Å²) in [7, 11) is 2.90. The van der Waals surface area contributed by atoms with Gasteiger partial charge in [0.15, 0.2) is 0 Å². The third-order valence-corrected chi connectivity index (χ3v) is 3.00. The van der Waals surface area contributed by atoms with Crippen LogP contribution in [0, 0.1) is 5.92 Å². The molecule has 2 aliphatic heterocycles. The van der Waals surface area contributed by atoms with E-state index in [-0.39, 0.29) is 16.7 Å². The first-order valence-electron chi connectivity index (χ1n) is 5.03. The molecule has 2 unspecified atom stereocenters. The van der Waals surface area contributed by atoms with Crippen LogP contribution in [0.15, 0.2) is 5.10 Å². The van der Waals surface area contributed by atoms with Crippen molar-refractivity contribution in [2.75, 3.05) is 7.05 Å². The van der Waals surface area contributed by atoms with Crippen molar-refractivity contribution in [3.63, 3.8) is 0 Å². The number of fused-ring (bicyclic) bond motifs is 1. The van der Waals surface area contributed by atoms with Gasteiger partial charge in [0.05, 0.1) is 0 Å². The molecule has 1 fully saturated rings. The summed E-state index contributed by atoms with van der Waals surface area (Å²) in [5, 5.41) is 5.71. The van der Waals surface area contributed by atoms with Crippen LogP contribution in [0.4, 0.5) is 0 Å². The van der Waals surface area contributed by atoms with Crippen LogP contribution in [-0.4, -0.2) is 31.0 Å². The van der Waals surface area contributed by atoms with Crippen LogP contribution in [0.5, 0.6) is 0 Å². The maximum absolute atomic E-state index is 11.6. The molecule has 8 heteroatoms. The van der Waals surface area contributed by atoms with E-state index >= 15 is 0 Å². The molecule has 0 spiro atoms. The van der Waals surface area contributed by atoms with Gasteiger partial charge in [0.1, 0.15) is 7.28 Å². The van der Waals surface area contributed by atoms with Crippen LogP contribution >= 0.6 is 59.9 Å². The zero-order valence-electron chi connectivity index (χ0n) is 9.16. The summed E-state index contributed by atoms with van der Waals surface area (Å²) >= 11 is 7.39. The number of hydrogen-bond donors (Lipinski definition) is 0. The van der Waals surface area contributed by atoms with Gasteiger partial charge in [0, 0.05) is 18.7 Å². The van der Waals surface area contributed by atoms with Crippen molar-refractivity contribution >= 4 is 78.8 Å². The predicted molar refractivity (Wildman–Crippen MR) is 91.8 cm³/mol. The Labute approximate surface area is 135 Å². The molecule has 16 heavy (non-hydrogen) atoms. The van der Waals surface area contributed by atoms with Crippen LogP contribution in [0.25, 0.3) is 0 Å². The quantitative estimate of drug-likeness (QED) is 0.313. The Bertz CT molecular complexity index is 300. The van der Waals surface area contributed by atoms with Gasteiger partial charge in [-0.1, -0.05) is 6.32 Å². The Kier molecular flexibility index (Phi) is 7.56. The Balaban J connectivity index is 0.000000280. The van der Waals surface area contributed by atoms with Crippen LogP contribution in [0.3, 0.4) is 0 Å². The fraction of sp³-hybridized carbons (Fsp3) is 0.750. The van der Waals surface area contributed by atoms with E-state index in [9.17, 15) is 4.79 Å². The molecule has 1 saturated heterocycles. The minimum absolute atomic E-state index is 0.211. The molecule has 0 N–H and O–H groups in total. The van der Waals surface area contributed by atoms with E-state index in [0.717, 1.165) is 19.4 Å². The normalized spacial score (nSPS) is 28.0. The van der Waals surface area contributed by atoms with Crippen molar-refractivity contribution in [2.45, 2.75) is 25.5 Å². The molecule has 2 aliphatic rings. The van der Waals surface area contributed by atoms with Gasteiger partial charge in [-0.05, 0) is 19.2 Å². The Hall–Kier alpha value is 1.98. The van der Waals surface area contributed by atoms with E-state index in [4.69, 9.17) is 0 Å². The molecule has 3 nitrogen and oxygen atoms in total. The number of hydrazone groups is 1. The zero-order valence-corrected chi connectivity index (χ0v) is 17.0. The first kappa shape index (κ1) is 16.0. The number of carbonyl (C=O) groups is 1. The zero-order chi connectivity index (χ0) is 12.3. The third kappa shape index (κ3) is 4.58. The molecule has 0 saturated carbocycles. The van der Waals surface area contributed by atoms with Crippen LogP contribution in [-0.2, 0) is 9.72 Å². The topological polar surface area (TPSA) is 32.7 Å². The predicted octanol–water partition coefficient (Wildman–Crippen LogP) is 3.15. The van der Waals surface area contributed by atoms with E-state index < -0.39 is 0 Å². The second-order valence-electron chi connectivity index (χ2n) is 3.94. The summed E-state index contributed by atoms with van der Waals surface area (Å²) in [6.07, 6.45) is 2.24. The van der Waals surface area contributed by atoms with E-state index in [0.29, 0.717) is 5.82 Å². The Morgan fingerprint density at radius 2 is 2.06 bits per heavy atom. The number of nitrogens with zero attached hydrogens (tertiary/aromatic N) is 2. The first-order valence-corrected chi connectivity index (χ1v) is 18.6. The molecule has 90 valence electrons. The van der Waals surface area contributed by atoms with Crippen molar-refractivity contribution < 1.29 is 9.72 Å². The van der Waals surface area contributed by atoms with Crippen molar-refractivity contribution in [1.82, 2.24) is 5.01 Å². The molecule has 2 heterocycles. The van der Waals surface area contributed by atoms with Gasteiger partial charge < -0.3 is 0 Å². The molecule has 0 aliphatic carbocycles. The molecule has 0 aromatic rings. The molecule has 0 radical (unpaired) electrons. The minimum atomic E-state index is -0.278. The monoisotopic (exact) mass is 596 g/mol. The Morgan fingerprint density at radius 1 is 1.50 bits per heavy atom. The summed E-state index contributed by atoms with van der Waals surface area (Å²) < 4.78 is 0. The van der Waals surface area contributed by atoms with Gasteiger partial charge in [-0.25, -0.2) is 5.01 Å². The average Bonchev–Trinajstić information content (AvgIpc) is 2.62. The molecule has 0 aromatic carbocycles. The summed E-state index contributed by atoms with van der Waals surface area (Å²) in [4.78, 5) is 11.3.